The Morgan fingerprint density at radius 1 is 1.39 bits per heavy atom. The summed E-state index contributed by atoms with van der Waals surface area (Å²) in [5, 5.41) is 4.21. The zero-order valence-corrected chi connectivity index (χ0v) is 14.4. The number of hydrogen-bond donors (Lipinski definition) is 3. The molecule has 126 valence electrons. The molecule has 2 aromatic rings. The van der Waals surface area contributed by atoms with Gasteiger partial charge < -0.3 is 16.0 Å². The maximum Gasteiger partial charge on any atom is 0.237 e. The van der Waals surface area contributed by atoms with Crippen molar-refractivity contribution in [3.63, 3.8) is 0 Å². The van der Waals surface area contributed by atoms with Crippen molar-refractivity contribution >= 4 is 29.2 Å². The van der Waals surface area contributed by atoms with E-state index in [1.807, 2.05) is 24.4 Å². The van der Waals surface area contributed by atoms with Gasteiger partial charge >= 0.3 is 0 Å². The highest BCUT2D eigenvalue weighted by atomic mass is 35.5. The Kier molecular flexibility index (Phi) is 5.71. The van der Waals surface area contributed by atoms with Gasteiger partial charge in [-0.15, -0.1) is 12.4 Å². The predicted octanol–water partition coefficient (Wildman–Crippen LogP) is 3.16. The van der Waals surface area contributed by atoms with Crippen LogP contribution in [0.2, 0.25) is 0 Å². The highest BCUT2D eigenvalue weighted by Crippen LogP contribution is 2.43. The molecule has 0 radical (unpaired) electrons. The fraction of sp³-hybridized carbons (Fsp3) is 0.500. The van der Waals surface area contributed by atoms with Gasteiger partial charge in [0.25, 0.3) is 0 Å². The van der Waals surface area contributed by atoms with E-state index >= 15 is 0 Å². The minimum absolute atomic E-state index is 0. The molecule has 1 fully saturated rings. The molecule has 3 rings (SSSR count). The van der Waals surface area contributed by atoms with Gasteiger partial charge in [0.1, 0.15) is 0 Å². The summed E-state index contributed by atoms with van der Waals surface area (Å²) in [6.07, 6.45) is 7.38. The Morgan fingerprint density at radius 2 is 2.13 bits per heavy atom. The zero-order chi connectivity index (χ0) is 15.6. The number of amides is 1. The molecule has 0 spiro atoms. The van der Waals surface area contributed by atoms with Gasteiger partial charge in [0.05, 0.1) is 6.04 Å². The largest absolute Gasteiger partial charge is 0.361 e. The van der Waals surface area contributed by atoms with E-state index in [0.29, 0.717) is 11.8 Å². The number of hydrogen-bond acceptors (Lipinski definition) is 2. The first kappa shape index (κ1) is 17.8. The summed E-state index contributed by atoms with van der Waals surface area (Å²) >= 11 is 0. The van der Waals surface area contributed by atoms with Crippen LogP contribution in [0.25, 0.3) is 10.9 Å². The minimum Gasteiger partial charge on any atom is -0.361 e. The Bertz CT molecular complexity index is 658. The SMILES string of the molecule is CCC1(CNC(=O)[C@@H](N)Cc2c[nH]c3ccccc23)CCC1.Cl. The second-order valence-electron chi connectivity index (χ2n) is 6.60. The smallest absolute Gasteiger partial charge is 0.237 e. The zero-order valence-electron chi connectivity index (χ0n) is 13.6. The molecule has 4 N–H and O–H groups in total. The van der Waals surface area contributed by atoms with Crippen molar-refractivity contribution in [1.29, 1.82) is 0 Å². The highest BCUT2D eigenvalue weighted by Gasteiger charge is 2.35. The van der Waals surface area contributed by atoms with Crippen LogP contribution < -0.4 is 11.1 Å². The van der Waals surface area contributed by atoms with Crippen molar-refractivity contribution in [2.75, 3.05) is 6.54 Å². The molecular weight excluding hydrogens is 310 g/mol. The molecule has 0 saturated heterocycles. The number of aromatic nitrogens is 1. The minimum atomic E-state index is -0.492. The van der Waals surface area contributed by atoms with Crippen LogP contribution in [0.1, 0.15) is 38.2 Å². The summed E-state index contributed by atoms with van der Waals surface area (Å²) in [7, 11) is 0. The molecule has 5 heteroatoms. The topological polar surface area (TPSA) is 70.9 Å². The highest BCUT2D eigenvalue weighted by molar-refractivity contribution is 5.86. The molecule has 1 aliphatic rings. The van der Waals surface area contributed by atoms with Crippen LogP contribution in [0.5, 0.6) is 0 Å². The first-order valence-electron chi connectivity index (χ1n) is 8.22. The van der Waals surface area contributed by atoms with Crippen molar-refractivity contribution in [2.45, 2.75) is 45.1 Å². The van der Waals surface area contributed by atoms with Crippen LogP contribution in [0.3, 0.4) is 0 Å². The van der Waals surface area contributed by atoms with E-state index in [0.717, 1.165) is 29.4 Å². The maximum atomic E-state index is 12.3. The number of carbonyl (C=O) groups excluding carboxylic acids is 1. The Labute approximate surface area is 143 Å². The molecule has 4 nitrogen and oxygen atoms in total. The van der Waals surface area contributed by atoms with E-state index in [4.69, 9.17) is 5.73 Å². The average molecular weight is 336 g/mol. The number of benzene rings is 1. The van der Waals surface area contributed by atoms with Gasteiger partial charge in [-0.05, 0) is 42.7 Å². The fourth-order valence-corrected chi connectivity index (χ4v) is 3.37. The van der Waals surface area contributed by atoms with Crippen LogP contribution in [-0.4, -0.2) is 23.5 Å². The van der Waals surface area contributed by atoms with Crippen molar-refractivity contribution in [3.8, 4) is 0 Å². The van der Waals surface area contributed by atoms with Crippen molar-refractivity contribution < 1.29 is 4.79 Å². The molecule has 1 saturated carbocycles. The number of halogens is 1. The van der Waals surface area contributed by atoms with E-state index in [1.54, 1.807) is 0 Å². The average Bonchev–Trinajstić information content (AvgIpc) is 2.90. The number of fused-ring (bicyclic) bond motifs is 1. The third kappa shape index (κ3) is 3.70. The maximum absolute atomic E-state index is 12.3. The molecule has 0 unspecified atom stereocenters. The number of aromatic amines is 1. The molecule has 1 aliphatic carbocycles. The number of rotatable bonds is 6. The van der Waals surface area contributed by atoms with Gasteiger partial charge in [0.15, 0.2) is 0 Å². The van der Waals surface area contributed by atoms with Crippen LogP contribution in [0.15, 0.2) is 30.5 Å². The van der Waals surface area contributed by atoms with Gasteiger partial charge in [-0.2, -0.15) is 0 Å². The quantitative estimate of drug-likeness (QED) is 0.758. The first-order valence-corrected chi connectivity index (χ1v) is 8.22. The Hall–Kier alpha value is -1.52. The van der Waals surface area contributed by atoms with E-state index < -0.39 is 6.04 Å². The van der Waals surface area contributed by atoms with E-state index in [2.05, 4.69) is 23.3 Å². The van der Waals surface area contributed by atoms with Gasteiger partial charge in [-0.3, -0.25) is 4.79 Å². The van der Waals surface area contributed by atoms with Crippen LogP contribution in [0, 0.1) is 5.41 Å². The monoisotopic (exact) mass is 335 g/mol. The summed E-state index contributed by atoms with van der Waals surface area (Å²) < 4.78 is 0. The number of H-pyrrole nitrogens is 1. The van der Waals surface area contributed by atoms with Crippen molar-refractivity contribution in [1.82, 2.24) is 10.3 Å². The lowest BCUT2D eigenvalue weighted by Gasteiger charge is -2.41. The fourth-order valence-electron chi connectivity index (χ4n) is 3.37. The molecule has 23 heavy (non-hydrogen) atoms. The van der Waals surface area contributed by atoms with Crippen molar-refractivity contribution in [2.24, 2.45) is 11.1 Å². The lowest BCUT2D eigenvalue weighted by Crippen LogP contribution is -2.48. The van der Waals surface area contributed by atoms with Gasteiger partial charge in [-0.1, -0.05) is 31.5 Å². The summed E-state index contributed by atoms with van der Waals surface area (Å²) in [6.45, 7) is 2.97. The summed E-state index contributed by atoms with van der Waals surface area (Å²) in [5.74, 6) is -0.0370. The molecule has 1 aromatic carbocycles. The van der Waals surface area contributed by atoms with Crippen LogP contribution >= 0.6 is 12.4 Å². The third-order valence-corrected chi connectivity index (χ3v) is 5.25. The number of carbonyl (C=O) groups is 1. The molecule has 1 heterocycles. The predicted molar refractivity (Wildman–Crippen MR) is 96.8 cm³/mol. The molecule has 1 amide bonds. The molecular formula is C18H26ClN3O. The van der Waals surface area contributed by atoms with Crippen LogP contribution in [-0.2, 0) is 11.2 Å². The van der Waals surface area contributed by atoms with E-state index in [1.165, 1.54) is 19.3 Å². The molecule has 1 aromatic heterocycles. The standard InChI is InChI=1S/C18H25N3O.ClH/c1-2-18(8-5-9-18)12-21-17(22)15(19)10-13-11-20-16-7-4-3-6-14(13)16;/h3-4,6-7,11,15,20H,2,5,8-10,12,19H2,1H3,(H,21,22);1H/t15-;/m0./s1. The number of para-hydroxylation sites is 1. The Balaban J connectivity index is 0.00000192. The third-order valence-electron chi connectivity index (χ3n) is 5.25. The lowest BCUT2D eigenvalue weighted by atomic mass is 9.67. The van der Waals surface area contributed by atoms with Crippen LogP contribution in [0.4, 0.5) is 0 Å². The summed E-state index contributed by atoms with van der Waals surface area (Å²) in [6, 6.07) is 7.61. The molecule has 0 bridgehead atoms. The first-order chi connectivity index (χ1) is 10.6. The number of nitrogens with one attached hydrogen (secondary N) is 2. The number of nitrogens with two attached hydrogens (primary N) is 1. The van der Waals surface area contributed by atoms with E-state index in [-0.39, 0.29) is 18.3 Å². The van der Waals surface area contributed by atoms with Gasteiger partial charge in [0, 0.05) is 23.6 Å². The summed E-state index contributed by atoms with van der Waals surface area (Å²) in [4.78, 5) is 15.5. The molecule has 0 aliphatic heterocycles. The van der Waals surface area contributed by atoms with Crippen molar-refractivity contribution in [3.05, 3.63) is 36.0 Å². The second kappa shape index (κ2) is 7.37. The van der Waals surface area contributed by atoms with Gasteiger partial charge in [-0.25, -0.2) is 0 Å². The lowest BCUT2D eigenvalue weighted by molar-refractivity contribution is -0.123. The second-order valence-corrected chi connectivity index (χ2v) is 6.60. The molecule has 1 atom stereocenters. The van der Waals surface area contributed by atoms with Gasteiger partial charge in [0.2, 0.25) is 5.91 Å². The Morgan fingerprint density at radius 3 is 2.78 bits per heavy atom. The summed E-state index contributed by atoms with van der Waals surface area (Å²) in [5.41, 5.74) is 8.62. The normalized spacial score (nSPS) is 17.1. The van der Waals surface area contributed by atoms with E-state index in [9.17, 15) is 4.79 Å².